The number of rotatable bonds is 0. The summed E-state index contributed by atoms with van der Waals surface area (Å²) in [4.78, 5) is 33.2. The number of hydrogen-bond acceptors (Lipinski definition) is 5. The van der Waals surface area contributed by atoms with Crippen LogP contribution in [0.2, 0.25) is 0 Å². The summed E-state index contributed by atoms with van der Waals surface area (Å²) >= 11 is 0. The van der Waals surface area contributed by atoms with Crippen molar-refractivity contribution in [1.29, 1.82) is 0 Å². The molecule has 0 bridgehead atoms. The number of piperidine rings is 1. The largest absolute Gasteiger partial charge is 0.314 e. The molecular weight excluding hydrogens is 400 g/mol. The van der Waals surface area contributed by atoms with Crippen LogP contribution in [-0.4, -0.2) is 42.5 Å². The minimum atomic E-state index is 0.477. The second-order valence-electron chi connectivity index (χ2n) is 11.2. The average Bonchev–Trinajstić information content (AvgIpc) is 3.27. The van der Waals surface area contributed by atoms with E-state index in [1.165, 1.54) is 51.4 Å². The summed E-state index contributed by atoms with van der Waals surface area (Å²) in [5.74, 6) is 4.53. The van der Waals surface area contributed by atoms with E-state index in [-0.39, 0.29) is 0 Å². The van der Waals surface area contributed by atoms with Crippen molar-refractivity contribution >= 4 is 17.3 Å². The fourth-order valence-corrected chi connectivity index (χ4v) is 7.10. The molecule has 32 heavy (non-hydrogen) atoms. The molecule has 2 N–H and O–H groups in total. The van der Waals surface area contributed by atoms with Gasteiger partial charge in [-0.05, 0) is 81.7 Å². The standard InChI is InChI=1S/C10H16O.C9H15NO.C8H13NO/c11-10-6-5-8-3-1-2-4-9(8)7-10;11-8-3-4-9-7(6-8)2-1-5-10-9;10-7-1-2-8-6(5-7)3-4-9-8/h8-9H,1-7H2;7,9-10H,1-6H2;6,8-9H,1-5H2. The van der Waals surface area contributed by atoms with Crippen molar-refractivity contribution in [2.75, 3.05) is 13.1 Å². The van der Waals surface area contributed by atoms with Gasteiger partial charge in [0, 0.05) is 50.6 Å². The third-order valence-electron chi connectivity index (χ3n) is 9.02. The van der Waals surface area contributed by atoms with E-state index in [0.717, 1.165) is 76.3 Å². The highest BCUT2D eigenvalue weighted by Crippen LogP contribution is 2.38. The topological polar surface area (TPSA) is 75.3 Å². The van der Waals surface area contributed by atoms with Crippen LogP contribution < -0.4 is 10.6 Å². The Morgan fingerprint density at radius 1 is 0.469 bits per heavy atom. The van der Waals surface area contributed by atoms with Crippen LogP contribution in [0.25, 0.3) is 0 Å². The molecule has 0 amide bonds. The third kappa shape index (κ3) is 6.72. The fourth-order valence-electron chi connectivity index (χ4n) is 7.10. The molecule has 0 aromatic heterocycles. The maximum atomic E-state index is 11.1. The van der Waals surface area contributed by atoms with Crippen LogP contribution in [0.15, 0.2) is 0 Å². The zero-order chi connectivity index (χ0) is 22.3. The summed E-state index contributed by atoms with van der Waals surface area (Å²) < 4.78 is 0. The number of Topliss-reactive ketones (excluding diaryl/α,β-unsaturated/α-hetero) is 3. The van der Waals surface area contributed by atoms with Gasteiger partial charge in [-0.1, -0.05) is 19.3 Å². The maximum Gasteiger partial charge on any atom is 0.133 e. The van der Waals surface area contributed by atoms with Gasteiger partial charge in [-0.25, -0.2) is 0 Å². The molecule has 6 fully saturated rings. The number of hydrogen-bond donors (Lipinski definition) is 2. The summed E-state index contributed by atoms with van der Waals surface area (Å²) in [5.41, 5.74) is 0. The van der Waals surface area contributed by atoms with Crippen molar-refractivity contribution < 1.29 is 14.4 Å². The fraction of sp³-hybridized carbons (Fsp3) is 0.889. The van der Waals surface area contributed by atoms with Crippen LogP contribution in [-0.2, 0) is 14.4 Å². The van der Waals surface area contributed by atoms with E-state index in [9.17, 15) is 14.4 Å². The molecule has 2 aliphatic heterocycles. The van der Waals surface area contributed by atoms with E-state index >= 15 is 0 Å². The molecule has 2 heterocycles. The first-order valence-electron chi connectivity index (χ1n) is 13.6. The van der Waals surface area contributed by atoms with Gasteiger partial charge in [0.15, 0.2) is 0 Å². The van der Waals surface area contributed by atoms with Crippen LogP contribution in [0.1, 0.15) is 103 Å². The monoisotopic (exact) mass is 444 g/mol. The molecule has 6 rings (SSSR count). The molecular formula is C27H44N2O3. The lowest BCUT2D eigenvalue weighted by Crippen LogP contribution is -2.44. The first-order chi connectivity index (χ1) is 15.6. The van der Waals surface area contributed by atoms with E-state index in [1.807, 2.05) is 0 Å². The minimum Gasteiger partial charge on any atom is -0.314 e. The Morgan fingerprint density at radius 2 is 0.969 bits per heavy atom. The van der Waals surface area contributed by atoms with Gasteiger partial charge in [0.05, 0.1) is 0 Å². The highest BCUT2D eigenvalue weighted by atomic mass is 16.1. The number of carbonyl (C=O) groups is 3. The molecule has 0 spiro atoms. The van der Waals surface area contributed by atoms with Crippen LogP contribution in [0.3, 0.4) is 0 Å². The molecule has 180 valence electrons. The van der Waals surface area contributed by atoms with Gasteiger partial charge in [-0.15, -0.1) is 0 Å². The van der Waals surface area contributed by atoms with E-state index in [0.29, 0.717) is 41.3 Å². The van der Waals surface area contributed by atoms with Crippen molar-refractivity contribution in [2.24, 2.45) is 23.7 Å². The van der Waals surface area contributed by atoms with Crippen LogP contribution in [0.5, 0.6) is 0 Å². The Labute approximate surface area is 194 Å². The summed E-state index contributed by atoms with van der Waals surface area (Å²) in [6.45, 7) is 2.29. The maximum absolute atomic E-state index is 11.1. The van der Waals surface area contributed by atoms with Gasteiger partial charge < -0.3 is 10.6 Å². The van der Waals surface area contributed by atoms with E-state index in [1.54, 1.807) is 0 Å². The van der Waals surface area contributed by atoms with Crippen molar-refractivity contribution in [3.05, 3.63) is 0 Å². The number of ketones is 3. The Kier molecular flexibility index (Phi) is 8.93. The molecule has 0 aromatic carbocycles. The lowest BCUT2D eigenvalue weighted by molar-refractivity contribution is -0.123. The minimum absolute atomic E-state index is 0.477. The SMILES string of the molecule is O=C1CCC2CCCCC2C1.O=C1CCC2NCCC2C1.O=C1CCC2NCCCC2C1. The average molecular weight is 445 g/mol. The zero-order valence-corrected chi connectivity index (χ0v) is 19.9. The van der Waals surface area contributed by atoms with Gasteiger partial charge in [0.1, 0.15) is 17.3 Å². The number of nitrogens with one attached hydrogen (secondary N) is 2. The lowest BCUT2D eigenvalue weighted by atomic mass is 9.71. The van der Waals surface area contributed by atoms with Crippen LogP contribution >= 0.6 is 0 Å². The van der Waals surface area contributed by atoms with E-state index in [2.05, 4.69) is 10.6 Å². The molecule has 2 saturated heterocycles. The van der Waals surface area contributed by atoms with Crippen molar-refractivity contribution in [1.82, 2.24) is 10.6 Å². The molecule has 6 unspecified atom stereocenters. The van der Waals surface area contributed by atoms with Crippen LogP contribution in [0, 0.1) is 23.7 Å². The molecule has 5 nitrogen and oxygen atoms in total. The predicted molar refractivity (Wildman–Crippen MR) is 126 cm³/mol. The highest BCUT2D eigenvalue weighted by molar-refractivity contribution is 5.80. The second kappa shape index (κ2) is 11.9. The molecule has 5 heteroatoms. The predicted octanol–water partition coefficient (Wildman–Crippen LogP) is 4.37. The summed E-state index contributed by atoms with van der Waals surface area (Å²) in [6, 6.07) is 1.35. The quantitative estimate of drug-likeness (QED) is 0.580. The Bertz CT molecular complexity index is 625. The molecule has 0 aromatic rings. The molecule has 0 radical (unpaired) electrons. The molecule has 6 aliphatic rings. The van der Waals surface area contributed by atoms with E-state index in [4.69, 9.17) is 0 Å². The number of fused-ring (bicyclic) bond motifs is 3. The van der Waals surface area contributed by atoms with Crippen LogP contribution in [0.4, 0.5) is 0 Å². The summed E-state index contributed by atoms with van der Waals surface area (Å²) in [6.07, 6.45) is 17.7. The smallest absolute Gasteiger partial charge is 0.133 e. The summed E-state index contributed by atoms with van der Waals surface area (Å²) in [5, 5.41) is 6.92. The van der Waals surface area contributed by atoms with Crippen molar-refractivity contribution in [3.63, 3.8) is 0 Å². The molecule has 4 aliphatic carbocycles. The third-order valence-corrected chi connectivity index (χ3v) is 9.02. The second-order valence-corrected chi connectivity index (χ2v) is 11.2. The molecule has 4 saturated carbocycles. The molecule has 6 atom stereocenters. The summed E-state index contributed by atoms with van der Waals surface area (Å²) in [7, 11) is 0. The first kappa shape index (κ1) is 24.1. The zero-order valence-electron chi connectivity index (χ0n) is 19.9. The van der Waals surface area contributed by atoms with Crippen molar-refractivity contribution in [3.8, 4) is 0 Å². The van der Waals surface area contributed by atoms with Gasteiger partial charge in [0.2, 0.25) is 0 Å². The highest BCUT2D eigenvalue weighted by Gasteiger charge is 2.33. The Balaban J connectivity index is 0.000000115. The normalized spacial score (nSPS) is 38.8. The Morgan fingerprint density at radius 3 is 1.66 bits per heavy atom. The lowest BCUT2D eigenvalue weighted by Gasteiger charge is -2.35. The van der Waals surface area contributed by atoms with Gasteiger partial charge in [0.25, 0.3) is 0 Å². The first-order valence-corrected chi connectivity index (χ1v) is 13.6. The van der Waals surface area contributed by atoms with Gasteiger partial charge in [-0.3, -0.25) is 14.4 Å². The van der Waals surface area contributed by atoms with Crippen molar-refractivity contribution in [2.45, 2.75) is 115 Å². The number of carbonyl (C=O) groups excluding carboxylic acids is 3. The van der Waals surface area contributed by atoms with E-state index < -0.39 is 0 Å². The van der Waals surface area contributed by atoms with Gasteiger partial charge >= 0.3 is 0 Å². The Hall–Kier alpha value is -1.07. The van der Waals surface area contributed by atoms with Gasteiger partial charge in [-0.2, -0.15) is 0 Å².